The van der Waals surface area contributed by atoms with Crippen LogP contribution >= 0.6 is 0 Å². The summed E-state index contributed by atoms with van der Waals surface area (Å²) in [5.74, 6) is -0.751. The third kappa shape index (κ3) is 4.22. The zero-order valence-electron chi connectivity index (χ0n) is 9.70. The van der Waals surface area contributed by atoms with Gasteiger partial charge in [0.2, 0.25) is 0 Å². The van der Waals surface area contributed by atoms with Crippen LogP contribution in [0.5, 0.6) is 0 Å². The minimum Gasteiger partial charge on any atom is -0.465 e. The van der Waals surface area contributed by atoms with Crippen LogP contribution in [-0.2, 0) is 16.1 Å². The Morgan fingerprint density at radius 1 is 1.59 bits per heavy atom. The third-order valence-corrected chi connectivity index (χ3v) is 2.08. The van der Waals surface area contributed by atoms with Gasteiger partial charge in [-0.1, -0.05) is 6.07 Å². The third-order valence-electron chi connectivity index (χ3n) is 2.08. The van der Waals surface area contributed by atoms with Crippen LogP contribution in [0.2, 0.25) is 0 Å². The second kappa shape index (κ2) is 6.62. The number of benzene rings is 1. The maximum absolute atomic E-state index is 13.1. The van der Waals surface area contributed by atoms with E-state index < -0.39 is 0 Å². The molecular formula is C12H15FN2O2. The van der Waals surface area contributed by atoms with Crippen molar-refractivity contribution in [2.75, 3.05) is 18.5 Å². The largest absolute Gasteiger partial charge is 0.465 e. The Labute approximate surface area is 99.5 Å². The fraction of sp³-hybridized carbons (Fsp3) is 0.333. The molecule has 0 aromatic heterocycles. The summed E-state index contributed by atoms with van der Waals surface area (Å²) in [6.45, 7) is 5.80. The minimum atomic E-state index is -0.380. The average Bonchev–Trinajstić information content (AvgIpc) is 2.30. The quantitative estimate of drug-likeness (QED) is 0.609. The molecule has 0 aliphatic rings. The second-order valence-corrected chi connectivity index (χ2v) is 3.34. The fourth-order valence-electron chi connectivity index (χ4n) is 1.35. The van der Waals surface area contributed by atoms with Crippen LogP contribution < -0.4 is 5.32 Å². The Morgan fingerprint density at radius 3 is 3.00 bits per heavy atom. The van der Waals surface area contributed by atoms with Gasteiger partial charge in [0.15, 0.2) is 0 Å². The van der Waals surface area contributed by atoms with Gasteiger partial charge >= 0.3 is 5.97 Å². The molecule has 0 amide bonds. The van der Waals surface area contributed by atoms with Gasteiger partial charge < -0.3 is 10.1 Å². The van der Waals surface area contributed by atoms with Crippen LogP contribution in [-0.4, -0.2) is 25.8 Å². The van der Waals surface area contributed by atoms with E-state index in [2.05, 4.69) is 17.0 Å². The lowest BCUT2D eigenvalue weighted by molar-refractivity contribution is -0.140. The zero-order chi connectivity index (χ0) is 12.7. The maximum atomic E-state index is 13.1. The van der Waals surface area contributed by atoms with E-state index in [1.54, 1.807) is 13.0 Å². The molecule has 0 atom stereocenters. The number of ether oxygens (including phenoxy) is 1. The van der Waals surface area contributed by atoms with Crippen molar-refractivity contribution in [3.63, 3.8) is 0 Å². The first-order valence-corrected chi connectivity index (χ1v) is 5.27. The molecule has 1 N–H and O–H groups in total. The van der Waals surface area contributed by atoms with Gasteiger partial charge in [0.05, 0.1) is 13.2 Å². The molecule has 17 heavy (non-hydrogen) atoms. The molecule has 0 spiro atoms. The Morgan fingerprint density at radius 2 is 2.35 bits per heavy atom. The Balaban J connectivity index is 2.70. The van der Waals surface area contributed by atoms with Crippen LogP contribution in [0.15, 0.2) is 23.2 Å². The van der Waals surface area contributed by atoms with E-state index in [9.17, 15) is 9.18 Å². The first kappa shape index (κ1) is 13.2. The molecule has 0 saturated carbocycles. The standard InChI is InChI=1S/C12H15FN2O2/c1-3-17-12(16)8-15-11-6-10(13)5-4-9(11)7-14-2/h4-6,15H,2-3,7-8H2,1H3. The molecule has 0 fully saturated rings. The first-order chi connectivity index (χ1) is 8.17. The molecular weight excluding hydrogens is 223 g/mol. The van der Waals surface area contributed by atoms with Crippen molar-refractivity contribution in [3.8, 4) is 0 Å². The molecule has 1 aromatic carbocycles. The number of hydrogen-bond acceptors (Lipinski definition) is 4. The van der Waals surface area contributed by atoms with Crippen LogP contribution in [0.4, 0.5) is 10.1 Å². The summed E-state index contributed by atoms with van der Waals surface area (Å²) in [5, 5.41) is 2.82. The van der Waals surface area contributed by atoms with Gasteiger partial charge in [0, 0.05) is 5.69 Å². The summed E-state index contributed by atoms with van der Waals surface area (Å²) in [6.07, 6.45) is 0. The SMILES string of the molecule is C=NCc1ccc(F)cc1NCC(=O)OCC. The number of nitrogens with zero attached hydrogens (tertiary/aromatic N) is 1. The zero-order valence-corrected chi connectivity index (χ0v) is 9.70. The number of anilines is 1. The lowest BCUT2D eigenvalue weighted by Crippen LogP contribution is -2.17. The number of hydrogen-bond donors (Lipinski definition) is 1. The molecule has 0 unspecified atom stereocenters. The van der Waals surface area contributed by atoms with Crippen molar-refractivity contribution in [1.29, 1.82) is 0 Å². The monoisotopic (exact) mass is 238 g/mol. The molecule has 0 saturated heterocycles. The van der Waals surface area contributed by atoms with E-state index >= 15 is 0 Å². The van der Waals surface area contributed by atoms with Gasteiger partial charge in [-0.15, -0.1) is 0 Å². The summed E-state index contributed by atoms with van der Waals surface area (Å²) in [6, 6.07) is 4.27. The lowest BCUT2D eigenvalue weighted by Gasteiger charge is -2.10. The van der Waals surface area contributed by atoms with Gasteiger partial charge in [0.25, 0.3) is 0 Å². The molecule has 0 radical (unpaired) electrons. The molecule has 0 aliphatic heterocycles. The highest BCUT2D eigenvalue weighted by Gasteiger charge is 2.06. The molecule has 92 valence electrons. The second-order valence-electron chi connectivity index (χ2n) is 3.34. The highest BCUT2D eigenvalue weighted by atomic mass is 19.1. The van der Waals surface area contributed by atoms with Crippen LogP contribution in [0.25, 0.3) is 0 Å². The van der Waals surface area contributed by atoms with E-state index in [1.807, 2.05) is 0 Å². The van der Waals surface area contributed by atoms with Crippen molar-refractivity contribution in [2.24, 2.45) is 4.99 Å². The predicted octanol–water partition coefficient (Wildman–Crippen LogP) is 2.00. The Hall–Kier alpha value is -1.91. The van der Waals surface area contributed by atoms with Crippen molar-refractivity contribution in [1.82, 2.24) is 0 Å². The van der Waals surface area contributed by atoms with Crippen LogP contribution in [0.1, 0.15) is 12.5 Å². The number of aliphatic imine (C=N–C) groups is 1. The smallest absolute Gasteiger partial charge is 0.325 e. The number of carbonyl (C=O) groups excluding carboxylic acids is 1. The highest BCUT2D eigenvalue weighted by Crippen LogP contribution is 2.17. The van der Waals surface area contributed by atoms with Crippen molar-refractivity contribution < 1.29 is 13.9 Å². The van der Waals surface area contributed by atoms with E-state index in [1.165, 1.54) is 12.1 Å². The van der Waals surface area contributed by atoms with Gasteiger partial charge in [-0.05, 0) is 31.3 Å². The minimum absolute atomic E-state index is 0.00142. The van der Waals surface area contributed by atoms with E-state index in [0.29, 0.717) is 18.8 Å². The normalized spacial score (nSPS) is 9.76. The first-order valence-electron chi connectivity index (χ1n) is 5.27. The Kier molecular flexibility index (Phi) is 5.13. The van der Waals surface area contributed by atoms with Crippen LogP contribution in [0, 0.1) is 5.82 Å². The maximum Gasteiger partial charge on any atom is 0.325 e. The van der Waals surface area contributed by atoms with Crippen molar-refractivity contribution in [3.05, 3.63) is 29.6 Å². The van der Waals surface area contributed by atoms with E-state index in [4.69, 9.17) is 4.74 Å². The Bertz CT molecular complexity index is 407. The molecule has 5 heteroatoms. The van der Waals surface area contributed by atoms with Crippen molar-refractivity contribution in [2.45, 2.75) is 13.5 Å². The number of halogens is 1. The topological polar surface area (TPSA) is 50.7 Å². The highest BCUT2D eigenvalue weighted by molar-refractivity contribution is 5.75. The fourth-order valence-corrected chi connectivity index (χ4v) is 1.35. The summed E-state index contributed by atoms with van der Waals surface area (Å²) in [4.78, 5) is 14.9. The van der Waals surface area contributed by atoms with E-state index in [-0.39, 0.29) is 18.3 Å². The molecule has 4 nitrogen and oxygen atoms in total. The number of nitrogens with one attached hydrogen (secondary N) is 1. The van der Waals surface area contributed by atoms with Gasteiger partial charge in [-0.25, -0.2) is 4.39 Å². The number of esters is 1. The number of carbonyl (C=O) groups is 1. The summed E-state index contributed by atoms with van der Waals surface area (Å²) < 4.78 is 17.8. The number of rotatable bonds is 6. The molecule has 1 rings (SSSR count). The van der Waals surface area contributed by atoms with Gasteiger partial charge in [-0.3, -0.25) is 9.79 Å². The van der Waals surface area contributed by atoms with Crippen LogP contribution in [0.3, 0.4) is 0 Å². The lowest BCUT2D eigenvalue weighted by atomic mass is 10.1. The molecule has 1 aromatic rings. The van der Waals surface area contributed by atoms with Crippen molar-refractivity contribution >= 4 is 18.4 Å². The molecule has 0 bridgehead atoms. The summed E-state index contributed by atoms with van der Waals surface area (Å²) in [5.41, 5.74) is 1.32. The summed E-state index contributed by atoms with van der Waals surface area (Å²) in [7, 11) is 0. The summed E-state index contributed by atoms with van der Waals surface area (Å²) >= 11 is 0. The van der Waals surface area contributed by atoms with Gasteiger partial charge in [-0.2, -0.15) is 0 Å². The van der Waals surface area contributed by atoms with E-state index in [0.717, 1.165) is 5.56 Å². The average molecular weight is 238 g/mol. The molecule has 0 heterocycles. The van der Waals surface area contributed by atoms with Gasteiger partial charge in [0.1, 0.15) is 12.4 Å². The predicted molar refractivity (Wildman–Crippen MR) is 64.8 cm³/mol. The molecule has 0 aliphatic carbocycles.